The molecule has 0 spiro atoms. The first-order chi connectivity index (χ1) is 7.96. The normalized spacial score (nSPS) is 10.6. The van der Waals surface area contributed by atoms with Gasteiger partial charge in [-0.1, -0.05) is 12.1 Å². The van der Waals surface area contributed by atoms with Gasteiger partial charge in [0.15, 0.2) is 9.84 Å². The largest absolute Gasteiger partial charge is 0.293 e. The summed E-state index contributed by atoms with van der Waals surface area (Å²) < 4.78 is 23.1. The Morgan fingerprint density at radius 2 is 1.94 bits per heavy atom. The van der Waals surface area contributed by atoms with Crippen LogP contribution in [0.3, 0.4) is 0 Å². The molecule has 0 atom stereocenters. The number of carbonyl (C=O) groups excluding carboxylic acids is 1. The number of amides is 1. The first-order valence-electron chi connectivity index (χ1n) is 4.66. The van der Waals surface area contributed by atoms with E-state index in [-0.39, 0.29) is 5.75 Å². The van der Waals surface area contributed by atoms with Crippen molar-refractivity contribution in [2.24, 2.45) is 5.84 Å². The van der Waals surface area contributed by atoms with Gasteiger partial charge in [0.05, 0.1) is 17.4 Å². The van der Waals surface area contributed by atoms with Gasteiger partial charge in [-0.15, -0.1) is 0 Å². The number of nitrogens with two attached hydrogens (primary N) is 1. The molecule has 1 aromatic carbocycles. The summed E-state index contributed by atoms with van der Waals surface area (Å²) in [5, 5.41) is 8.58. The molecule has 1 aromatic rings. The third-order valence-corrected chi connectivity index (χ3v) is 3.46. The summed E-state index contributed by atoms with van der Waals surface area (Å²) >= 11 is 0. The number of carbonyl (C=O) groups is 1. The molecule has 0 bridgehead atoms. The number of hydrogen-bond donors (Lipinski definition) is 2. The van der Waals surface area contributed by atoms with Crippen molar-refractivity contribution in [3.63, 3.8) is 0 Å². The van der Waals surface area contributed by atoms with E-state index in [0.29, 0.717) is 11.1 Å². The van der Waals surface area contributed by atoms with Crippen LogP contribution in [0.5, 0.6) is 0 Å². The lowest BCUT2D eigenvalue weighted by Gasteiger charge is -2.03. The molecule has 0 saturated carbocycles. The maximum atomic E-state index is 11.5. The van der Waals surface area contributed by atoms with Gasteiger partial charge in [-0.2, -0.15) is 5.26 Å². The van der Waals surface area contributed by atoms with Crippen molar-refractivity contribution in [1.82, 2.24) is 5.43 Å². The minimum atomic E-state index is -3.54. The van der Waals surface area contributed by atoms with E-state index in [4.69, 9.17) is 11.1 Å². The Bertz CT molecular complexity index is 543. The minimum absolute atomic E-state index is 0.258. The number of rotatable bonds is 4. The zero-order valence-electron chi connectivity index (χ0n) is 8.88. The van der Waals surface area contributed by atoms with Gasteiger partial charge in [-0.25, -0.2) is 14.3 Å². The monoisotopic (exact) mass is 253 g/mol. The van der Waals surface area contributed by atoms with Crippen LogP contribution in [-0.2, 0) is 20.4 Å². The second-order valence-electron chi connectivity index (χ2n) is 3.41. The molecule has 0 saturated heterocycles. The van der Waals surface area contributed by atoms with E-state index in [0.717, 1.165) is 0 Å². The van der Waals surface area contributed by atoms with Crippen molar-refractivity contribution in [2.45, 2.75) is 5.75 Å². The highest BCUT2D eigenvalue weighted by atomic mass is 32.2. The molecular weight excluding hydrogens is 242 g/mol. The molecule has 0 aliphatic rings. The molecule has 3 N–H and O–H groups in total. The Kier molecular flexibility index (Phi) is 4.20. The summed E-state index contributed by atoms with van der Waals surface area (Å²) in [6.07, 6.45) is 0. The summed E-state index contributed by atoms with van der Waals surface area (Å²) in [7, 11) is -3.54. The Balaban J connectivity index is 2.77. The van der Waals surface area contributed by atoms with Gasteiger partial charge in [0.2, 0.25) is 5.91 Å². The number of hydrazine groups is 1. The van der Waals surface area contributed by atoms with Gasteiger partial charge in [0.1, 0.15) is 5.75 Å². The van der Waals surface area contributed by atoms with Crippen LogP contribution in [-0.4, -0.2) is 20.1 Å². The summed E-state index contributed by atoms with van der Waals surface area (Å²) in [5.74, 6) is 3.15. The quantitative estimate of drug-likeness (QED) is 0.425. The van der Waals surface area contributed by atoms with Crippen LogP contribution in [0, 0.1) is 11.3 Å². The number of nitriles is 1. The molecule has 0 fully saturated rings. The summed E-state index contributed by atoms with van der Waals surface area (Å²) in [4.78, 5) is 10.9. The fraction of sp³-hybridized carbons (Fsp3) is 0.200. The van der Waals surface area contributed by atoms with Crippen LogP contribution in [0.2, 0.25) is 0 Å². The molecule has 0 aromatic heterocycles. The van der Waals surface area contributed by atoms with Crippen molar-refractivity contribution in [1.29, 1.82) is 5.26 Å². The molecule has 0 aliphatic carbocycles. The summed E-state index contributed by atoms with van der Waals surface area (Å²) in [5.41, 5.74) is 2.74. The third-order valence-electron chi connectivity index (χ3n) is 1.98. The van der Waals surface area contributed by atoms with E-state index >= 15 is 0 Å². The Morgan fingerprint density at radius 3 is 2.41 bits per heavy atom. The highest BCUT2D eigenvalue weighted by molar-refractivity contribution is 7.91. The molecule has 90 valence electrons. The van der Waals surface area contributed by atoms with E-state index in [1.807, 2.05) is 6.07 Å². The highest BCUT2D eigenvalue weighted by Crippen LogP contribution is 2.08. The lowest BCUT2D eigenvalue weighted by atomic mass is 10.2. The summed E-state index contributed by atoms with van der Waals surface area (Å²) in [6, 6.07) is 8.05. The molecule has 1 rings (SSSR count). The van der Waals surface area contributed by atoms with Crippen molar-refractivity contribution in [2.75, 3.05) is 5.75 Å². The fourth-order valence-corrected chi connectivity index (χ4v) is 2.51. The maximum Gasteiger partial charge on any atom is 0.249 e. The SMILES string of the molecule is N#Cc1ccc(CS(=O)(=O)CC(=O)NN)cc1. The van der Waals surface area contributed by atoms with Crippen molar-refractivity contribution in [3.8, 4) is 6.07 Å². The highest BCUT2D eigenvalue weighted by Gasteiger charge is 2.16. The van der Waals surface area contributed by atoms with Crippen LogP contribution in [0.1, 0.15) is 11.1 Å². The molecule has 0 unspecified atom stereocenters. The summed E-state index contributed by atoms with van der Waals surface area (Å²) in [6.45, 7) is 0. The first-order valence-corrected chi connectivity index (χ1v) is 6.48. The van der Waals surface area contributed by atoms with Crippen LogP contribution in [0.25, 0.3) is 0 Å². The van der Waals surface area contributed by atoms with Gasteiger partial charge in [-0.3, -0.25) is 10.2 Å². The molecule has 0 heterocycles. The smallest absolute Gasteiger partial charge is 0.249 e. The van der Waals surface area contributed by atoms with Crippen molar-refractivity contribution in [3.05, 3.63) is 35.4 Å². The van der Waals surface area contributed by atoms with Crippen molar-refractivity contribution < 1.29 is 13.2 Å². The second-order valence-corrected chi connectivity index (χ2v) is 5.47. The molecule has 0 aliphatic heterocycles. The average molecular weight is 253 g/mol. The molecule has 6 nitrogen and oxygen atoms in total. The number of nitrogens with zero attached hydrogens (tertiary/aromatic N) is 1. The van der Waals surface area contributed by atoms with Crippen LogP contribution in [0.4, 0.5) is 0 Å². The second kappa shape index (κ2) is 5.43. The molecule has 7 heteroatoms. The third kappa shape index (κ3) is 4.22. The van der Waals surface area contributed by atoms with Crippen LogP contribution in [0.15, 0.2) is 24.3 Å². The Morgan fingerprint density at radius 1 is 1.35 bits per heavy atom. The van der Waals surface area contributed by atoms with Crippen LogP contribution < -0.4 is 11.3 Å². The van der Waals surface area contributed by atoms with Gasteiger partial charge in [0.25, 0.3) is 0 Å². The lowest BCUT2D eigenvalue weighted by Crippen LogP contribution is -2.35. The molecular formula is C10H11N3O3S. The minimum Gasteiger partial charge on any atom is -0.293 e. The van der Waals surface area contributed by atoms with Crippen molar-refractivity contribution >= 4 is 15.7 Å². The number of hydrogen-bond acceptors (Lipinski definition) is 5. The topological polar surface area (TPSA) is 113 Å². The maximum absolute atomic E-state index is 11.5. The Hall–Kier alpha value is -1.91. The standard InChI is InChI=1S/C10H11N3O3S/c11-5-8-1-3-9(4-2-8)6-17(15,16)7-10(14)13-12/h1-4H,6-7,12H2,(H,13,14). The first kappa shape index (κ1) is 13.2. The molecule has 0 radical (unpaired) electrons. The van der Waals surface area contributed by atoms with Gasteiger partial charge >= 0.3 is 0 Å². The zero-order chi connectivity index (χ0) is 12.9. The zero-order valence-corrected chi connectivity index (χ0v) is 9.70. The predicted octanol–water partition coefficient (Wildman–Crippen LogP) is -0.537. The van der Waals surface area contributed by atoms with E-state index in [9.17, 15) is 13.2 Å². The molecule has 1 amide bonds. The van der Waals surface area contributed by atoms with E-state index in [1.165, 1.54) is 24.3 Å². The van der Waals surface area contributed by atoms with E-state index in [2.05, 4.69) is 0 Å². The van der Waals surface area contributed by atoms with E-state index < -0.39 is 21.5 Å². The number of nitrogens with one attached hydrogen (secondary N) is 1. The lowest BCUT2D eigenvalue weighted by molar-refractivity contribution is -0.118. The predicted molar refractivity (Wildman–Crippen MR) is 61.0 cm³/mol. The molecule has 17 heavy (non-hydrogen) atoms. The fourth-order valence-electron chi connectivity index (χ4n) is 1.22. The average Bonchev–Trinajstić information content (AvgIpc) is 2.28. The number of benzene rings is 1. The van der Waals surface area contributed by atoms with E-state index in [1.54, 1.807) is 5.43 Å². The van der Waals surface area contributed by atoms with Crippen LogP contribution >= 0.6 is 0 Å². The Labute approximate surface area is 98.9 Å². The van der Waals surface area contributed by atoms with Gasteiger partial charge in [-0.05, 0) is 17.7 Å². The van der Waals surface area contributed by atoms with Gasteiger partial charge < -0.3 is 0 Å². The van der Waals surface area contributed by atoms with Gasteiger partial charge in [0, 0.05) is 0 Å². The number of sulfone groups is 1.